The third-order valence-electron chi connectivity index (χ3n) is 4.31. The van der Waals surface area contributed by atoms with Crippen molar-refractivity contribution < 1.29 is 24.1 Å². The molecular weight excluding hydrogens is 396 g/mol. The number of benzene rings is 1. The molecule has 1 aromatic rings. The van der Waals surface area contributed by atoms with E-state index in [-0.39, 0.29) is 39.9 Å². The highest BCUT2D eigenvalue weighted by Crippen LogP contribution is 2.56. The Morgan fingerprint density at radius 1 is 1.24 bits per heavy atom. The monoisotopic (exact) mass is 424 g/mol. The lowest BCUT2D eigenvalue weighted by Gasteiger charge is -2.34. The number of hydrogen-bond acceptors (Lipinski definition) is 8. The third kappa shape index (κ3) is 5.49. The van der Waals surface area contributed by atoms with Crippen molar-refractivity contribution in [1.29, 1.82) is 5.41 Å². The molecule has 0 saturated carbocycles. The summed E-state index contributed by atoms with van der Waals surface area (Å²) in [7, 11) is -3.72. The fourth-order valence-electron chi connectivity index (χ4n) is 2.69. The maximum atomic E-state index is 12.8. The number of anilines is 1. The first-order valence-electron chi connectivity index (χ1n) is 9.49. The average Bonchev–Trinajstić information content (AvgIpc) is 2.66. The van der Waals surface area contributed by atoms with Crippen LogP contribution < -0.4 is 10.6 Å². The van der Waals surface area contributed by atoms with Crippen LogP contribution in [0, 0.1) is 5.41 Å². The highest BCUT2D eigenvalue weighted by Gasteiger charge is 2.32. The fourth-order valence-corrected chi connectivity index (χ4v) is 3.88. The fraction of sp³-hybridized carbons (Fsp3) is 0.421. The minimum Gasteiger partial charge on any atom is -0.508 e. The van der Waals surface area contributed by atoms with Crippen molar-refractivity contribution in [2.24, 2.45) is 4.40 Å². The van der Waals surface area contributed by atoms with E-state index < -0.39 is 22.4 Å². The maximum absolute atomic E-state index is 12.8. The van der Waals surface area contributed by atoms with Crippen molar-refractivity contribution >= 4 is 33.9 Å². The number of carbonyl (C=O) groups excluding carboxylic acids is 1. The van der Waals surface area contributed by atoms with E-state index in [0.717, 1.165) is 19.3 Å². The lowest BCUT2D eigenvalue weighted by Crippen LogP contribution is -2.35. The third-order valence-corrected chi connectivity index (χ3v) is 5.68. The molecule has 29 heavy (non-hydrogen) atoms. The molecule has 10 heteroatoms. The number of nitrogens with one attached hydrogen (secondary N) is 3. The van der Waals surface area contributed by atoms with Crippen LogP contribution in [0.25, 0.3) is 0 Å². The Balaban J connectivity index is 2.48. The standard InChI is InChI=1S/C19H28N4O5S/c1-3-5-7-13(20)17(25)16(19(26)21-10-6-4-2)18-22-14-9-8-12(24)11-15(14)29(27,28)23-18/h8-9,11,20,24-25,27-28H,3-7,10H2,1-2H3,(H,21,26)(H,22,23)/b17-16+,20-13?. The summed E-state index contributed by atoms with van der Waals surface area (Å²) in [4.78, 5) is 12.8. The van der Waals surface area contributed by atoms with Gasteiger partial charge >= 0.3 is 0 Å². The van der Waals surface area contributed by atoms with E-state index in [0.29, 0.717) is 13.0 Å². The van der Waals surface area contributed by atoms with Gasteiger partial charge < -0.3 is 26.3 Å². The van der Waals surface area contributed by atoms with E-state index in [1.807, 2.05) is 13.8 Å². The molecule has 0 atom stereocenters. The minimum atomic E-state index is -3.72. The van der Waals surface area contributed by atoms with Gasteiger partial charge in [-0.3, -0.25) is 13.9 Å². The number of phenols is 1. The predicted molar refractivity (Wildman–Crippen MR) is 115 cm³/mol. The molecule has 0 spiro atoms. The number of rotatable bonds is 9. The molecule has 7 N–H and O–H groups in total. The van der Waals surface area contributed by atoms with E-state index >= 15 is 0 Å². The summed E-state index contributed by atoms with van der Waals surface area (Å²) < 4.78 is 24.7. The number of phenolic OH excluding ortho intramolecular Hbond substituents is 1. The van der Waals surface area contributed by atoms with Gasteiger partial charge in [0.15, 0.2) is 11.6 Å². The van der Waals surface area contributed by atoms with Crippen LogP contribution in [0.2, 0.25) is 0 Å². The zero-order valence-electron chi connectivity index (χ0n) is 16.5. The molecule has 2 rings (SSSR count). The molecule has 0 fully saturated rings. The summed E-state index contributed by atoms with van der Waals surface area (Å²) in [5.74, 6) is -1.63. The number of unbranched alkanes of at least 4 members (excludes halogenated alkanes) is 2. The average molecular weight is 425 g/mol. The normalized spacial score (nSPS) is 16.6. The highest BCUT2D eigenvalue weighted by molar-refractivity contribution is 8.23. The minimum absolute atomic E-state index is 0.0208. The van der Waals surface area contributed by atoms with Gasteiger partial charge in [-0.2, -0.15) is 0 Å². The molecule has 1 aromatic carbocycles. The first kappa shape index (κ1) is 22.7. The van der Waals surface area contributed by atoms with Gasteiger partial charge in [0.2, 0.25) is 0 Å². The smallest absolute Gasteiger partial charge is 0.258 e. The van der Waals surface area contributed by atoms with Crippen LogP contribution in [0.4, 0.5) is 5.69 Å². The summed E-state index contributed by atoms with van der Waals surface area (Å²) >= 11 is 0. The molecule has 0 unspecified atom stereocenters. The molecule has 0 bridgehead atoms. The number of amides is 1. The SMILES string of the molecule is CCCCNC(=O)/C(C1=NS(O)(O)c2cc(O)ccc2N1)=C(/O)C(=N)CCCC. The van der Waals surface area contributed by atoms with Crippen molar-refractivity contribution in [3.05, 3.63) is 29.5 Å². The van der Waals surface area contributed by atoms with Gasteiger partial charge in [0.1, 0.15) is 16.2 Å². The van der Waals surface area contributed by atoms with Crippen molar-refractivity contribution in [3.63, 3.8) is 0 Å². The van der Waals surface area contributed by atoms with Crippen molar-refractivity contribution in [3.8, 4) is 5.75 Å². The van der Waals surface area contributed by atoms with Crippen molar-refractivity contribution in [2.75, 3.05) is 11.9 Å². The quantitative estimate of drug-likeness (QED) is 0.104. The Kier molecular flexibility index (Phi) is 7.66. The molecule has 160 valence electrons. The second kappa shape index (κ2) is 9.77. The van der Waals surface area contributed by atoms with E-state index in [1.54, 1.807) is 0 Å². The number of aliphatic hydroxyl groups is 1. The Morgan fingerprint density at radius 2 is 1.93 bits per heavy atom. The van der Waals surface area contributed by atoms with Crippen LogP contribution >= 0.6 is 10.8 Å². The van der Waals surface area contributed by atoms with Crippen LogP contribution in [0.1, 0.15) is 46.0 Å². The molecule has 0 radical (unpaired) electrons. The van der Waals surface area contributed by atoms with E-state index in [4.69, 9.17) is 5.41 Å². The number of nitrogens with zero attached hydrogens (tertiary/aromatic N) is 1. The molecular formula is C19H28N4O5S. The number of carbonyl (C=O) groups is 1. The van der Waals surface area contributed by atoms with Crippen LogP contribution in [-0.2, 0) is 4.79 Å². The Morgan fingerprint density at radius 3 is 2.59 bits per heavy atom. The number of hydrogen-bond donors (Lipinski definition) is 7. The number of fused-ring (bicyclic) bond motifs is 1. The maximum Gasteiger partial charge on any atom is 0.258 e. The van der Waals surface area contributed by atoms with E-state index in [2.05, 4.69) is 15.0 Å². The molecule has 1 aliphatic heterocycles. The molecule has 1 amide bonds. The van der Waals surface area contributed by atoms with Crippen molar-refractivity contribution in [2.45, 2.75) is 50.8 Å². The number of aromatic hydroxyl groups is 1. The summed E-state index contributed by atoms with van der Waals surface area (Å²) in [6, 6.07) is 3.93. The van der Waals surface area contributed by atoms with Crippen LogP contribution in [0.15, 0.2) is 38.8 Å². The summed E-state index contributed by atoms with van der Waals surface area (Å²) in [6.07, 6.45) is 3.32. The van der Waals surface area contributed by atoms with E-state index in [1.165, 1.54) is 18.2 Å². The van der Waals surface area contributed by atoms with Gasteiger partial charge in [0.05, 0.1) is 11.4 Å². The van der Waals surface area contributed by atoms with Gasteiger partial charge in [-0.1, -0.05) is 37.5 Å². The predicted octanol–water partition coefficient (Wildman–Crippen LogP) is 4.18. The van der Waals surface area contributed by atoms with Gasteiger partial charge in [-0.25, -0.2) is 0 Å². The molecule has 0 saturated heterocycles. The zero-order chi connectivity index (χ0) is 21.6. The lowest BCUT2D eigenvalue weighted by molar-refractivity contribution is -0.117. The van der Waals surface area contributed by atoms with Crippen molar-refractivity contribution in [1.82, 2.24) is 5.32 Å². The second-order valence-corrected chi connectivity index (χ2v) is 8.34. The van der Waals surface area contributed by atoms with Gasteiger partial charge in [0.25, 0.3) is 5.91 Å². The van der Waals surface area contributed by atoms with E-state index in [9.17, 15) is 24.1 Å². The zero-order valence-corrected chi connectivity index (χ0v) is 17.3. The van der Waals surface area contributed by atoms with Crippen LogP contribution in [0.5, 0.6) is 5.75 Å². The summed E-state index contributed by atoms with van der Waals surface area (Å²) in [5, 5.41) is 33.8. The number of amidine groups is 1. The first-order valence-corrected chi connectivity index (χ1v) is 11.0. The molecule has 0 aromatic heterocycles. The van der Waals surface area contributed by atoms with Gasteiger partial charge in [0, 0.05) is 12.6 Å². The lowest BCUT2D eigenvalue weighted by atomic mass is 10.1. The molecule has 1 aliphatic rings. The Hall–Kier alpha value is -2.56. The van der Waals surface area contributed by atoms with Gasteiger partial charge in [-0.15, -0.1) is 4.40 Å². The molecule has 9 nitrogen and oxygen atoms in total. The molecule has 0 aliphatic carbocycles. The highest BCUT2D eigenvalue weighted by atomic mass is 32.3. The number of allylic oxidation sites excluding steroid dienone is 1. The Labute approximate surface area is 171 Å². The summed E-state index contributed by atoms with van der Waals surface area (Å²) in [6.45, 7) is 4.28. The first-order chi connectivity index (χ1) is 13.7. The summed E-state index contributed by atoms with van der Waals surface area (Å²) in [5.41, 5.74) is -0.217. The van der Waals surface area contributed by atoms with Gasteiger partial charge in [-0.05, 0) is 31.4 Å². The Bertz CT molecular complexity index is 851. The molecule has 1 heterocycles. The van der Waals surface area contributed by atoms with Crippen LogP contribution in [-0.4, -0.2) is 43.3 Å². The topological polar surface area (TPSA) is 158 Å². The van der Waals surface area contributed by atoms with Crippen LogP contribution in [0.3, 0.4) is 0 Å². The number of aliphatic hydroxyl groups excluding tert-OH is 1. The largest absolute Gasteiger partial charge is 0.508 e. The second-order valence-electron chi connectivity index (χ2n) is 6.68.